The molecule has 1 aromatic carbocycles. The van der Waals surface area contributed by atoms with Crippen molar-refractivity contribution in [2.24, 2.45) is 0 Å². The van der Waals surface area contributed by atoms with Crippen molar-refractivity contribution in [3.8, 4) is 11.5 Å². The predicted molar refractivity (Wildman–Crippen MR) is 115 cm³/mol. The van der Waals surface area contributed by atoms with Crippen LogP contribution in [0.2, 0.25) is 0 Å². The van der Waals surface area contributed by atoms with Crippen LogP contribution in [-0.2, 0) is 14.3 Å². The van der Waals surface area contributed by atoms with Gasteiger partial charge in [-0.3, -0.25) is 0 Å². The molecule has 5 nitrogen and oxygen atoms in total. The van der Waals surface area contributed by atoms with Gasteiger partial charge < -0.3 is 14.2 Å². The van der Waals surface area contributed by atoms with Crippen molar-refractivity contribution in [3.63, 3.8) is 0 Å². The van der Waals surface area contributed by atoms with Crippen LogP contribution in [0.25, 0.3) is 0 Å². The average molecular weight is 405 g/mol. The summed E-state index contributed by atoms with van der Waals surface area (Å²) in [6.07, 6.45) is 13.0. The first-order valence-corrected chi connectivity index (χ1v) is 10.8. The van der Waals surface area contributed by atoms with Crippen molar-refractivity contribution in [3.05, 3.63) is 36.4 Å². The highest BCUT2D eigenvalue weighted by Crippen LogP contribution is 2.27. The van der Waals surface area contributed by atoms with E-state index >= 15 is 0 Å². The number of para-hydroxylation sites is 2. The number of carbonyl (C=O) groups is 2. The Kier molecular flexibility index (Phi) is 13.3. The minimum absolute atomic E-state index is 0.0403. The lowest BCUT2D eigenvalue weighted by molar-refractivity contribution is -0.138. The van der Waals surface area contributed by atoms with Gasteiger partial charge in [-0.15, -0.1) is 0 Å². The molecule has 0 amide bonds. The van der Waals surface area contributed by atoms with E-state index in [0.29, 0.717) is 18.1 Å². The molecule has 0 atom stereocenters. The molecule has 0 aliphatic rings. The summed E-state index contributed by atoms with van der Waals surface area (Å²) >= 11 is 0. The molecule has 1 aromatic rings. The van der Waals surface area contributed by atoms with Crippen molar-refractivity contribution < 1.29 is 23.8 Å². The Balaban J connectivity index is 2.19. The van der Waals surface area contributed by atoms with Crippen LogP contribution in [-0.4, -0.2) is 24.6 Å². The molecule has 0 spiro atoms. The highest BCUT2D eigenvalue weighted by Gasteiger charge is 2.09. The number of ether oxygens (including phenoxy) is 3. The lowest BCUT2D eigenvalue weighted by Gasteiger charge is -2.13. The molecule has 0 aliphatic carbocycles. The first kappa shape index (κ1) is 24.7. The molecule has 0 aromatic heterocycles. The first-order valence-electron chi connectivity index (χ1n) is 10.8. The van der Waals surface area contributed by atoms with Gasteiger partial charge in [-0.2, -0.15) is 0 Å². The number of unbranched alkanes of at least 4 members (excludes halogenated alkanes) is 8. The number of hydrogen-bond acceptors (Lipinski definition) is 5. The summed E-state index contributed by atoms with van der Waals surface area (Å²) < 4.78 is 16.0. The van der Waals surface area contributed by atoms with E-state index in [0.717, 1.165) is 25.0 Å². The van der Waals surface area contributed by atoms with E-state index in [4.69, 9.17) is 14.2 Å². The van der Waals surface area contributed by atoms with Gasteiger partial charge in [0.25, 0.3) is 0 Å². The molecule has 0 N–H and O–H groups in total. The van der Waals surface area contributed by atoms with Crippen LogP contribution in [0, 0.1) is 0 Å². The van der Waals surface area contributed by atoms with E-state index in [1.807, 2.05) is 13.8 Å². The molecule has 0 unspecified atom stereocenters. The zero-order chi connectivity index (χ0) is 21.3. The number of benzene rings is 1. The van der Waals surface area contributed by atoms with Gasteiger partial charge in [0, 0.05) is 12.2 Å². The van der Waals surface area contributed by atoms with E-state index in [1.165, 1.54) is 44.9 Å². The predicted octanol–water partition coefficient (Wildman–Crippen LogP) is 6.01. The van der Waals surface area contributed by atoms with E-state index in [9.17, 15) is 9.59 Å². The maximum Gasteiger partial charge on any atom is 0.336 e. The van der Waals surface area contributed by atoms with Gasteiger partial charge in [0.1, 0.15) is 0 Å². The summed E-state index contributed by atoms with van der Waals surface area (Å²) in [5.41, 5.74) is 0. The van der Waals surface area contributed by atoms with Gasteiger partial charge in [0.05, 0.1) is 12.7 Å². The average Bonchev–Trinajstić information content (AvgIpc) is 2.69. The van der Waals surface area contributed by atoms with Crippen LogP contribution < -0.4 is 9.47 Å². The van der Waals surface area contributed by atoms with Crippen molar-refractivity contribution in [1.82, 2.24) is 0 Å². The standard InChI is InChI=1S/C24H36O5/c1-4-5-6-7-8-9-10-11-14-19-27-23(25)17-18-24(26)29-22-16-13-12-15-21(22)28-20(2)3/h12-13,15-18,20H,4-11,14,19H2,1-3H3/b18-17+. The number of carbonyl (C=O) groups excluding carboxylic acids is 2. The summed E-state index contributed by atoms with van der Waals surface area (Å²) in [5.74, 6) is -0.380. The third-order valence-corrected chi connectivity index (χ3v) is 4.27. The summed E-state index contributed by atoms with van der Waals surface area (Å²) in [6.45, 7) is 6.38. The summed E-state index contributed by atoms with van der Waals surface area (Å²) in [5, 5.41) is 0. The topological polar surface area (TPSA) is 61.8 Å². The molecule has 0 saturated carbocycles. The zero-order valence-corrected chi connectivity index (χ0v) is 18.2. The Morgan fingerprint density at radius 3 is 2.00 bits per heavy atom. The maximum atomic E-state index is 11.9. The van der Waals surface area contributed by atoms with Gasteiger partial charge in [0.15, 0.2) is 11.5 Å². The quantitative estimate of drug-likeness (QED) is 0.155. The summed E-state index contributed by atoms with van der Waals surface area (Å²) in [7, 11) is 0. The van der Waals surface area contributed by atoms with Gasteiger partial charge >= 0.3 is 11.9 Å². The van der Waals surface area contributed by atoms with E-state index in [2.05, 4.69) is 6.92 Å². The molecule has 1 rings (SSSR count). The zero-order valence-electron chi connectivity index (χ0n) is 18.2. The summed E-state index contributed by atoms with van der Waals surface area (Å²) in [6, 6.07) is 6.92. The first-order chi connectivity index (χ1) is 14.0. The minimum atomic E-state index is -0.648. The highest BCUT2D eigenvalue weighted by atomic mass is 16.6. The van der Waals surface area contributed by atoms with Crippen LogP contribution >= 0.6 is 0 Å². The Morgan fingerprint density at radius 1 is 0.828 bits per heavy atom. The molecule has 5 heteroatoms. The van der Waals surface area contributed by atoms with Gasteiger partial charge in [0.2, 0.25) is 0 Å². The fraction of sp³-hybridized carbons (Fsp3) is 0.583. The summed E-state index contributed by atoms with van der Waals surface area (Å²) in [4.78, 5) is 23.6. The molecule has 0 heterocycles. The fourth-order valence-electron chi connectivity index (χ4n) is 2.80. The van der Waals surface area contributed by atoms with Crippen LogP contribution in [0.15, 0.2) is 36.4 Å². The third-order valence-electron chi connectivity index (χ3n) is 4.27. The van der Waals surface area contributed by atoms with E-state index < -0.39 is 11.9 Å². The Bertz CT molecular complexity index is 621. The van der Waals surface area contributed by atoms with Gasteiger partial charge in [-0.1, -0.05) is 70.4 Å². The molecule has 0 aliphatic heterocycles. The fourth-order valence-corrected chi connectivity index (χ4v) is 2.80. The molecule has 0 bridgehead atoms. The second-order valence-electron chi connectivity index (χ2n) is 7.36. The van der Waals surface area contributed by atoms with Crippen molar-refractivity contribution in [2.45, 2.75) is 84.7 Å². The third kappa shape index (κ3) is 12.7. The van der Waals surface area contributed by atoms with Crippen LogP contribution in [0.5, 0.6) is 11.5 Å². The van der Waals surface area contributed by atoms with Crippen LogP contribution in [0.4, 0.5) is 0 Å². The molecule has 0 fully saturated rings. The molecule has 29 heavy (non-hydrogen) atoms. The number of rotatable bonds is 15. The number of esters is 2. The van der Waals surface area contributed by atoms with Gasteiger partial charge in [-0.25, -0.2) is 9.59 Å². The van der Waals surface area contributed by atoms with Crippen molar-refractivity contribution in [1.29, 1.82) is 0 Å². The van der Waals surface area contributed by atoms with Crippen molar-refractivity contribution >= 4 is 11.9 Å². The minimum Gasteiger partial charge on any atom is -0.487 e. The number of hydrogen-bond donors (Lipinski definition) is 0. The molecule has 0 saturated heterocycles. The normalized spacial score (nSPS) is 11.0. The second kappa shape index (κ2) is 15.6. The Hall–Kier alpha value is -2.30. The molecular weight excluding hydrogens is 368 g/mol. The smallest absolute Gasteiger partial charge is 0.336 e. The van der Waals surface area contributed by atoms with Gasteiger partial charge in [-0.05, 0) is 32.4 Å². The largest absolute Gasteiger partial charge is 0.487 e. The van der Waals surface area contributed by atoms with E-state index in [-0.39, 0.29) is 6.10 Å². The molecule has 0 radical (unpaired) electrons. The maximum absolute atomic E-state index is 11.9. The van der Waals surface area contributed by atoms with Crippen LogP contribution in [0.3, 0.4) is 0 Å². The molecule has 162 valence electrons. The SMILES string of the molecule is CCCCCCCCCCCOC(=O)/C=C/C(=O)Oc1ccccc1OC(C)C. The monoisotopic (exact) mass is 404 g/mol. The molecular formula is C24H36O5. The second-order valence-corrected chi connectivity index (χ2v) is 7.36. The Morgan fingerprint density at radius 2 is 1.38 bits per heavy atom. The lowest BCUT2D eigenvalue weighted by Crippen LogP contribution is -2.10. The van der Waals surface area contributed by atoms with Crippen molar-refractivity contribution in [2.75, 3.05) is 6.61 Å². The van der Waals surface area contributed by atoms with E-state index in [1.54, 1.807) is 24.3 Å². The highest BCUT2D eigenvalue weighted by molar-refractivity contribution is 5.92. The Labute approximate surface area is 175 Å². The lowest BCUT2D eigenvalue weighted by atomic mass is 10.1. The van der Waals surface area contributed by atoms with Crippen LogP contribution in [0.1, 0.15) is 78.6 Å².